The Labute approximate surface area is 137 Å². The van der Waals surface area contributed by atoms with Crippen LogP contribution in [-0.4, -0.2) is 79.8 Å². The second kappa shape index (κ2) is 7.55. The monoisotopic (exact) mass is 330 g/mol. The maximum absolute atomic E-state index is 9.83. The third-order valence-electron chi connectivity index (χ3n) is 0.522. The van der Waals surface area contributed by atoms with Crippen LogP contribution < -0.4 is 19.6 Å². The van der Waals surface area contributed by atoms with E-state index in [4.69, 9.17) is 0 Å². The molecule has 0 unspecified atom stereocenters. The molecule has 0 aliphatic rings. The zero-order valence-corrected chi connectivity index (χ0v) is 13.5. The van der Waals surface area contributed by atoms with Crippen molar-refractivity contribution in [3.05, 3.63) is 0 Å². The number of hydrogen-bond donors (Lipinski definition) is 0. The van der Waals surface area contributed by atoms with Gasteiger partial charge in [0.05, 0.1) is 4.31 Å². The Hall–Kier alpha value is 3.30. The molecule has 6 nitrogen and oxygen atoms in total. The van der Waals surface area contributed by atoms with Crippen molar-refractivity contribution < 1.29 is 28.7 Å². The minimum atomic E-state index is -5.35. The second-order valence-electron chi connectivity index (χ2n) is 1.39. The van der Waals surface area contributed by atoms with Crippen LogP contribution in [0.15, 0.2) is 0 Å². The number of rotatable bonds is 2. The SMILES string of the molecule is O=P([O-])([O-])C(Br)P(=O)([O-])[O-].[Ca+2].[Ca+2]. The van der Waals surface area contributed by atoms with E-state index in [0.717, 1.165) is 0 Å². The molecule has 0 radical (unpaired) electrons. The summed E-state index contributed by atoms with van der Waals surface area (Å²) in [7, 11) is -10.7. The first kappa shape index (κ1) is 20.7. The van der Waals surface area contributed by atoms with E-state index in [0.29, 0.717) is 0 Å². The van der Waals surface area contributed by atoms with Crippen LogP contribution in [0.2, 0.25) is 0 Å². The van der Waals surface area contributed by atoms with Crippen LogP contribution in [0.25, 0.3) is 0 Å². The third kappa shape index (κ3) is 8.60. The van der Waals surface area contributed by atoms with Crippen molar-refractivity contribution in [1.82, 2.24) is 0 Å². The van der Waals surface area contributed by atoms with Crippen LogP contribution in [0, 0.1) is 0 Å². The summed E-state index contributed by atoms with van der Waals surface area (Å²) in [5.74, 6) is 0. The van der Waals surface area contributed by atoms with Gasteiger partial charge in [0, 0.05) is 0 Å². The van der Waals surface area contributed by atoms with Gasteiger partial charge in [0.15, 0.2) is 0 Å². The zero-order valence-electron chi connectivity index (χ0n) is 5.71. The molecule has 0 fully saturated rings. The molecule has 0 spiro atoms. The van der Waals surface area contributed by atoms with Gasteiger partial charge >= 0.3 is 75.5 Å². The number of hydrogen-bond acceptors (Lipinski definition) is 6. The van der Waals surface area contributed by atoms with Crippen LogP contribution in [0.3, 0.4) is 0 Å². The van der Waals surface area contributed by atoms with Gasteiger partial charge in [0.2, 0.25) is 0 Å². The summed E-state index contributed by atoms with van der Waals surface area (Å²) >= 11 is 1.94. The molecule has 11 heteroatoms. The fourth-order valence-corrected chi connectivity index (χ4v) is 1.56. The van der Waals surface area contributed by atoms with Crippen molar-refractivity contribution in [2.45, 2.75) is 4.31 Å². The van der Waals surface area contributed by atoms with Crippen molar-refractivity contribution in [3.63, 3.8) is 0 Å². The Morgan fingerprint density at radius 3 is 1.08 bits per heavy atom. The summed E-state index contributed by atoms with van der Waals surface area (Å²) in [6, 6.07) is 0. The van der Waals surface area contributed by atoms with Crippen molar-refractivity contribution in [1.29, 1.82) is 0 Å². The fourth-order valence-electron chi connectivity index (χ4n) is 0.173. The van der Waals surface area contributed by atoms with Crippen molar-refractivity contribution >= 4 is 107 Å². The molecule has 0 aliphatic heterocycles. The first-order valence-electron chi connectivity index (χ1n) is 1.83. The first-order chi connectivity index (χ1) is 4.15. The molecule has 0 aliphatic carbocycles. The maximum Gasteiger partial charge on any atom is 2.00 e. The molecule has 0 N–H and O–H groups in total. The number of alkyl halides is 1. The molecule has 0 rings (SSSR count). The van der Waals surface area contributed by atoms with E-state index >= 15 is 0 Å². The second-order valence-corrected chi connectivity index (χ2v) is 7.32. The Morgan fingerprint density at radius 1 is 0.917 bits per heavy atom. The molecule has 0 amide bonds. The summed E-state index contributed by atoms with van der Waals surface area (Å²) < 4.78 is 17.1. The fraction of sp³-hybridized carbons (Fsp3) is 1.00. The Morgan fingerprint density at radius 2 is 1.08 bits per heavy atom. The van der Waals surface area contributed by atoms with Gasteiger partial charge in [-0.15, -0.1) is 0 Å². The molecule has 0 saturated carbocycles. The first-order valence-corrected chi connectivity index (χ1v) is 5.97. The van der Waals surface area contributed by atoms with E-state index in [1.807, 2.05) is 15.9 Å². The smallest absolute Gasteiger partial charge is 0.810 e. The molecule has 0 aromatic carbocycles. The van der Waals surface area contributed by atoms with E-state index < -0.39 is 19.5 Å². The van der Waals surface area contributed by atoms with Crippen LogP contribution in [0.5, 0.6) is 0 Å². The van der Waals surface area contributed by atoms with Gasteiger partial charge < -0.3 is 28.7 Å². The minimum absolute atomic E-state index is 0. The average molecular weight is 331 g/mol. The van der Waals surface area contributed by atoms with Crippen molar-refractivity contribution in [2.24, 2.45) is 0 Å². The van der Waals surface area contributed by atoms with E-state index in [1.54, 1.807) is 0 Å². The maximum atomic E-state index is 9.83. The molecular weight excluding hydrogens is 330 g/mol. The van der Waals surface area contributed by atoms with Gasteiger partial charge in [-0.2, -0.15) is 0 Å². The predicted octanol–water partition coefficient (Wildman–Crippen LogP) is -3.27. The minimum Gasteiger partial charge on any atom is -0.810 e. The molecule has 0 heterocycles. The quantitative estimate of drug-likeness (QED) is 0.297. The summed E-state index contributed by atoms with van der Waals surface area (Å²) in [5.41, 5.74) is 0. The number of halogens is 1. The van der Waals surface area contributed by atoms with Gasteiger partial charge in [0.25, 0.3) is 0 Å². The van der Waals surface area contributed by atoms with E-state index in [2.05, 4.69) is 0 Å². The van der Waals surface area contributed by atoms with Gasteiger partial charge in [-0.05, 0) is 15.2 Å². The van der Waals surface area contributed by atoms with Gasteiger partial charge in [0.1, 0.15) is 0 Å². The van der Waals surface area contributed by atoms with Crippen molar-refractivity contribution in [2.75, 3.05) is 0 Å². The largest absolute Gasteiger partial charge is 2.00 e. The van der Waals surface area contributed by atoms with Crippen LogP contribution in [0.4, 0.5) is 0 Å². The van der Waals surface area contributed by atoms with Gasteiger partial charge in [-0.3, -0.25) is 0 Å². The van der Waals surface area contributed by atoms with E-state index in [1.165, 1.54) is 0 Å². The molecule has 12 heavy (non-hydrogen) atoms. The molecule has 0 aromatic heterocycles. The Balaban J connectivity index is -0.000000405. The Bertz CT molecular complexity index is 186. The molecule has 0 bridgehead atoms. The predicted molar refractivity (Wildman–Crippen MR) is 39.4 cm³/mol. The zero-order chi connectivity index (χ0) is 8.58. The summed E-state index contributed by atoms with van der Waals surface area (Å²) in [6.07, 6.45) is 0. The molecular formula is CHBrCa2O6P2. The van der Waals surface area contributed by atoms with Crippen LogP contribution in [0.1, 0.15) is 0 Å². The average Bonchev–Trinajstić information content (AvgIpc) is 1.59. The molecule has 62 valence electrons. The topological polar surface area (TPSA) is 126 Å². The summed E-state index contributed by atoms with van der Waals surface area (Å²) in [4.78, 5) is 39.3. The summed E-state index contributed by atoms with van der Waals surface area (Å²) in [5, 5.41) is 0. The summed E-state index contributed by atoms with van der Waals surface area (Å²) in [6.45, 7) is 0. The Kier molecular flexibility index (Phi) is 13.0. The normalized spacial score (nSPS) is 11.8. The van der Waals surface area contributed by atoms with E-state index in [-0.39, 0.29) is 75.5 Å². The standard InChI is InChI=1S/CH5BrO6P2.2Ca/c2-1(9(3,4)5)10(6,7)8;;/h1H,(H2,3,4,5)(H2,6,7,8);;/q;2*+2/p-4. The third-order valence-corrected chi connectivity index (χ3v) is 6.27. The van der Waals surface area contributed by atoms with Crippen LogP contribution >= 0.6 is 31.1 Å². The van der Waals surface area contributed by atoms with Gasteiger partial charge in [-0.25, -0.2) is 0 Å². The van der Waals surface area contributed by atoms with Crippen molar-refractivity contribution in [3.8, 4) is 0 Å². The molecule has 0 aromatic rings. The van der Waals surface area contributed by atoms with E-state index in [9.17, 15) is 28.7 Å². The van der Waals surface area contributed by atoms with Gasteiger partial charge in [-0.1, -0.05) is 15.9 Å². The molecule has 0 saturated heterocycles. The van der Waals surface area contributed by atoms with Crippen LogP contribution in [-0.2, 0) is 9.13 Å². The molecule has 0 atom stereocenters.